The first-order chi connectivity index (χ1) is 16.1. The van der Waals surface area contributed by atoms with Crippen molar-refractivity contribution in [2.45, 2.75) is 45.4 Å². The van der Waals surface area contributed by atoms with Crippen molar-refractivity contribution in [3.8, 4) is 6.07 Å². The summed E-state index contributed by atoms with van der Waals surface area (Å²) in [5.41, 5.74) is 4.87. The number of nitriles is 1. The van der Waals surface area contributed by atoms with Crippen molar-refractivity contribution < 1.29 is 8.78 Å². The number of aromatic nitrogens is 1. The van der Waals surface area contributed by atoms with Gasteiger partial charge in [-0.2, -0.15) is 5.26 Å². The molecule has 4 aromatic rings. The highest BCUT2D eigenvalue weighted by molar-refractivity contribution is 5.84. The maximum atomic E-state index is 15.1. The summed E-state index contributed by atoms with van der Waals surface area (Å²) in [6.07, 6.45) is 6.80. The maximum absolute atomic E-state index is 15.1. The Morgan fingerprint density at radius 3 is 2.27 bits per heavy atom. The summed E-state index contributed by atoms with van der Waals surface area (Å²) in [6, 6.07) is 20.3. The van der Waals surface area contributed by atoms with Crippen molar-refractivity contribution >= 4 is 10.8 Å². The van der Waals surface area contributed by atoms with Gasteiger partial charge < -0.3 is 0 Å². The first-order valence-electron chi connectivity index (χ1n) is 11.4. The van der Waals surface area contributed by atoms with Crippen LogP contribution in [0.4, 0.5) is 8.78 Å². The van der Waals surface area contributed by atoms with Crippen molar-refractivity contribution in [3.05, 3.63) is 112 Å². The second-order valence-corrected chi connectivity index (χ2v) is 8.43. The topological polar surface area (TPSA) is 36.7 Å². The van der Waals surface area contributed by atoms with Gasteiger partial charge in [0.05, 0.1) is 5.56 Å². The van der Waals surface area contributed by atoms with Crippen LogP contribution >= 0.6 is 0 Å². The minimum absolute atomic E-state index is 0.0238. The van der Waals surface area contributed by atoms with Gasteiger partial charge in [-0.1, -0.05) is 55.8 Å². The Morgan fingerprint density at radius 1 is 0.788 bits per heavy atom. The van der Waals surface area contributed by atoms with Crippen molar-refractivity contribution in [2.24, 2.45) is 0 Å². The van der Waals surface area contributed by atoms with Gasteiger partial charge >= 0.3 is 0 Å². The van der Waals surface area contributed by atoms with Crippen LogP contribution in [0.5, 0.6) is 0 Å². The molecule has 166 valence electrons. The summed E-state index contributed by atoms with van der Waals surface area (Å²) in [7, 11) is 0. The van der Waals surface area contributed by atoms with Crippen molar-refractivity contribution in [2.75, 3.05) is 0 Å². The lowest BCUT2D eigenvalue weighted by molar-refractivity contribution is 0.616. The van der Waals surface area contributed by atoms with Gasteiger partial charge in [-0.3, -0.25) is 4.98 Å². The molecule has 0 saturated carbocycles. The first kappa shape index (κ1) is 22.6. The molecule has 0 N–H and O–H groups in total. The van der Waals surface area contributed by atoms with E-state index in [0.717, 1.165) is 47.9 Å². The Kier molecular flexibility index (Phi) is 7.10. The number of aryl methyl sites for hydroxylation is 5. The van der Waals surface area contributed by atoms with Crippen LogP contribution < -0.4 is 0 Å². The molecule has 0 atom stereocenters. The molecule has 4 rings (SSSR count). The molecule has 0 radical (unpaired) electrons. The Labute approximate surface area is 193 Å². The SMILES string of the molecule is CCCc1ccc(CCc2ccc3c(F)c(CCc4ccc(C#N)c(F)c4)ccc3c2)nc1. The molecule has 1 heterocycles. The Bertz CT molecular complexity index is 1300. The van der Waals surface area contributed by atoms with Gasteiger partial charge in [0.25, 0.3) is 0 Å². The predicted molar refractivity (Wildman–Crippen MR) is 128 cm³/mol. The summed E-state index contributed by atoms with van der Waals surface area (Å²) < 4.78 is 28.9. The summed E-state index contributed by atoms with van der Waals surface area (Å²) in [6.45, 7) is 2.16. The number of hydrogen-bond acceptors (Lipinski definition) is 2. The third-order valence-corrected chi connectivity index (χ3v) is 6.03. The highest BCUT2D eigenvalue weighted by atomic mass is 19.1. The highest BCUT2D eigenvalue weighted by Crippen LogP contribution is 2.24. The van der Waals surface area contributed by atoms with E-state index in [9.17, 15) is 4.39 Å². The summed E-state index contributed by atoms with van der Waals surface area (Å²) in [5, 5.41) is 10.3. The first-order valence-corrected chi connectivity index (χ1v) is 11.4. The smallest absolute Gasteiger partial charge is 0.141 e. The Hall–Kier alpha value is -3.58. The molecular weight excluding hydrogens is 414 g/mol. The van der Waals surface area contributed by atoms with E-state index in [0.29, 0.717) is 23.8 Å². The average Bonchev–Trinajstić information content (AvgIpc) is 2.83. The summed E-state index contributed by atoms with van der Waals surface area (Å²) in [5.74, 6) is -0.755. The van der Waals surface area contributed by atoms with E-state index >= 15 is 4.39 Å². The summed E-state index contributed by atoms with van der Waals surface area (Å²) in [4.78, 5) is 4.56. The largest absolute Gasteiger partial charge is 0.261 e. The predicted octanol–water partition coefficient (Wildman–Crippen LogP) is 6.91. The molecule has 0 spiro atoms. The van der Waals surface area contributed by atoms with Gasteiger partial charge in [-0.05, 0) is 77.9 Å². The lowest BCUT2D eigenvalue weighted by Crippen LogP contribution is -1.98. The average molecular weight is 441 g/mol. The number of rotatable bonds is 8. The van der Waals surface area contributed by atoms with E-state index in [4.69, 9.17) is 5.26 Å². The molecule has 4 heteroatoms. The standard InChI is InChI=1S/C29H26F2N2/c1-2-3-22-7-14-26(33-19-22)13-6-20-8-15-27-24(16-20)12-11-23(29(27)31)9-4-21-5-10-25(18-32)28(30)17-21/h5,7-8,10-12,14-17,19H,2-4,6,9,13H2,1H3. The van der Waals surface area contributed by atoms with Crippen LogP contribution in [0.15, 0.2) is 66.9 Å². The zero-order chi connectivity index (χ0) is 23.2. The van der Waals surface area contributed by atoms with Crippen LogP contribution in [0.25, 0.3) is 10.8 Å². The normalized spacial score (nSPS) is 11.0. The second-order valence-electron chi connectivity index (χ2n) is 8.43. The molecule has 2 nitrogen and oxygen atoms in total. The molecular formula is C29H26F2N2. The molecule has 0 saturated heterocycles. The van der Waals surface area contributed by atoms with E-state index in [-0.39, 0.29) is 11.4 Å². The quantitative estimate of drug-likeness (QED) is 0.299. The maximum Gasteiger partial charge on any atom is 0.141 e. The molecule has 0 aliphatic carbocycles. The van der Waals surface area contributed by atoms with Crippen LogP contribution in [-0.2, 0) is 32.1 Å². The van der Waals surface area contributed by atoms with E-state index in [1.807, 2.05) is 42.6 Å². The van der Waals surface area contributed by atoms with E-state index in [2.05, 4.69) is 24.0 Å². The molecule has 33 heavy (non-hydrogen) atoms. The fraction of sp³-hybridized carbons (Fsp3) is 0.241. The third-order valence-electron chi connectivity index (χ3n) is 6.03. The van der Waals surface area contributed by atoms with Crippen LogP contribution in [0.1, 0.15) is 46.9 Å². The molecule has 0 aliphatic rings. The molecule has 0 aliphatic heterocycles. The van der Waals surface area contributed by atoms with Crippen molar-refractivity contribution in [1.82, 2.24) is 4.98 Å². The van der Waals surface area contributed by atoms with Gasteiger partial charge in [0.1, 0.15) is 17.7 Å². The van der Waals surface area contributed by atoms with Gasteiger partial charge in [0.2, 0.25) is 0 Å². The molecule has 1 aromatic heterocycles. The number of fused-ring (bicyclic) bond motifs is 1. The van der Waals surface area contributed by atoms with Crippen LogP contribution in [0.2, 0.25) is 0 Å². The Balaban J connectivity index is 1.43. The second kappa shape index (κ2) is 10.4. The fourth-order valence-electron chi connectivity index (χ4n) is 4.13. The lowest BCUT2D eigenvalue weighted by atomic mass is 9.97. The van der Waals surface area contributed by atoms with Crippen LogP contribution in [0, 0.1) is 23.0 Å². The molecule has 0 bridgehead atoms. The van der Waals surface area contributed by atoms with Crippen LogP contribution in [-0.4, -0.2) is 4.98 Å². The fourth-order valence-corrected chi connectivity index (χ4v) is 4.13. The van der Waals surface area contributed by atoms with E-state index < -0.39 is 5.82 Å². The number of hydrogen-bond donors (Lipinski definition) is 0. The zero-order valence-electron chi connectivity index (χ0n) is 18.7. The van der Waals surface area contributed by atoms with E-state index in [1.54, 1.807) is 6.07 Å². The highest BCUT2D eigenvalue weighted by Gasteiger charge is 2.10. The van der Waals surface area contributed by atoms with Gasteiger partial charge in [-0.15, -0.1) is 0 Å². The summed E-state index contributed by atoms with van der Waals surface area (Å²) >= 11 is 0. The monoisotopic (exact) mass is 440 g/mol. The molecule has 3 aromatic carbocycles. The Morgan fingerprint density at radius 2 is 1.55 bits per heavy atom. The number of pyridine rings is 1. The van der Waals surface area contributed by atoms with Gasteiger partial charge in [0, 0.05) is 17.3 Å². The third kappa shape index (κ3) is 5.43. The minimum Gasteiger partial charge on any atom is -0.261 e. The van der Waals surface area contributed by atoms with Crippen molar-refractivity contribution in [3.63, 3.8) is 0 Å². The van der Waals surface area contributed by atoms with Crippen LogP contribution in [0.3, 0.4) is 0 Å². The van der Waals surface area contributed by atoms with Gasteiger partial charge in [-0.25, -0.2) is 8.78 Å². The number of benzene rings is 3. The molecule has 0 amide bonds. The van der Waals surface area contributed by atoms with E-state index in [1.165, 1.54) is 17.7 Å². The van der Waals surface area contributed by atoms with Gasteiger partial charge in [0.15, 0.2) is 0 Å². The number of nitrogens with zero attached hydrogens (tertiary/aromatic N) is 2. The molecule has 0 unspecified atom stereocenters. The van der Waals surface area contributed by atoms with Crippen molar-refractivity contribution in [1.29, 1.82) is 5.26 Å². The molecule has 0 fully saturated rings. The lowest BCUT2D eigenvalue weighted by Gasteiger charge is -2.09. The number of halogens is 2. The minimum atomic E-state index is -0.534. The zero-order valence-corrected chi connectivity index (χ0v) is 18.7.